The summed E-state index contributed by atoms with van der Waals surface area (Å²) >= 11 is 0. The third-order valence-corrected chi connectivity index (χ3v) is 2.15. The number of hydrogen-bond donors (Lipinski definition) is 1. The summed E-state index contributed by atoms with van der Waals surface area (Å²) < 4.78 is 0. The summed E-state index contributed by atoms with van der Waals surface area (Å²) in [6.07, 6.45) is 4.58. The van der Waals surface area contributed by atoms with Crippen molar-refractivity contribution >= 4 is 5.91 Å². The summed E-state index contributed by atoms with van der Waals surface area (Å²) in [6.45, 7) is 4.00. The van der Waals surface area contributed by atoms with Gasteiger partial charge in [0.15, 0.2) is 0 Å². The second kappa shape index (κ2) is 3.74. The highest BCUT2D eigenvalue weighted by Gasteiger charge is 2.20. The van der Waals surface area contributed by atoms with Crippen LogP contribution in [0.15, 0.2) is 0 Å². The second-order valence-corrected chi connectivity index (χ2v) is 3.72. The van der Waals surface area contributed by atoms with Gasteiger partial charge in [-0.25, -0.2) is 0 Å². The molecule has 2 nitrogen and oxygen atoms in total. The van der Waals surface area contributed by atoms with Crippen LogP contribution in [0.4, 0.5) is 0 Å². The molecule has 1 amide bonds. The molecule has 1 fully saturated rings. The molecule has 1 N–H and O–H groups in total. The lowest BCUT2D eigenvalue weighted by Crippen LogP contribution is -2.32. The van der Waals surface area contributed by atoms with E-state index in [1.54, 1.807) is 0 Å². The van der Waals surface area contributed by atoms with Crippen LogP contribution in [-0.4, -0.2) is 11.9 Å². The van der Waals surface area contributed by atoms with Crippen LogP contribution in [0.5, 0.6) is 0 Å². The summed E-state index contributed by atoms with van der Waals surface area (Å²) in [5, 5.41) is 2.90. The fourth-order valence-corrected chi connectivity index (χ4v) is 1.34. The molecule has 0 aromatic carbocycles. The molecule has 0 spiro atoms. The van der Waals surface area contributed by atoms with E-state index in [4.69, 9.17) is 0 Å². The van der Waals surface area contributed by atoms with Gasteiger partial charge in [-0.15, -0.1) is 0 Å². The summed E-state index contributed by atoms with van der Waals surface area (Å²) in [7, 11) is 0. The van der Waals surface area contributed by atoms with E-state index in [1.165, 1.54) is 19.3 Å². The van der Waals surface area contributed by atoms with Gasteiger partial charge in [-0.05, 0) is 32.6 Å². The van der Waals surface area contributed by atoms with Crippen LogP contribution in [0.1, 0.15) is 39.5 Å². The number of rotatable bonds is 3. The van der Waals surface area contributed by atoms with Crippen molar-refractivity contribution in [2.24, 2.45) is 5.92 Å². The molecule has 0 radical (unpaired) electrons. The van der Waals surface area contributed by atoms with E-state index in [-0.39, 0.29) is 5.91 Å². The monoisotopic (exact) mass is 155 g/mol. The maximum atomic E-state index is 11.1. The third-order valence-electron chi connectivity index (χ3n) is 2.15. The largest absolute Gasteiger partial charge is 0.354 e. The number of carbonyl (C=O) groups is 1. The fraction of sp³-hybridized carbons (Fsp3) is 0.889. The van der Waals surface area contributed by atoms with Gasteiger partial charge in [0.1, 0.15) is 0 Å². The second-order valence-electron chi connectivity index (χ2n) is 3.72. The highest BCUT2D eigenvalue weighted by atomic mass is 16.1. The molecule has 0 bridgehead atoms. The average Bonchev–Trinajstić information content (AvgIpc) is 1.77. The van der Waals surface area contributed by atoms with Gasteiger partial charge in [-0.2, -0.15) is 0 Å². The molecule has 0 unspecified atom stereocenters. The Labute approximate surface area is 68.4 Å². The highest BCUT2D eigenvalue weighted by Crippen LogP contribution is 2.29. The van der Waals surface area contributed by atoms with Crippen LogP contribution in [-0.2, 0) is 4.79 Å². The molecule has 0 heterocycles. The van der Waals surface area contributed by atoms with Gasteiger partial charge in [0.05, 0.1) is 0 Å². The van der Waals surface area contributed by atoms with E-state index in [9.17, 15) is 4.79 Å². The third kappa shape index (κ3) is 2.91. The Morgan fingerprint density at radius 3 is 2.55 bits per heavy atom. The average molecular weight is 155 g/mol. The summed E-state index contributed by atoms with van der Waals surface area (Å²) in [4.78, 5) is 11.1. The zero-order valence-corrected chi connectivity index (χ0v) is 7.39. The van der Waals surface area contributed by atoms with Crippen molar-refractivity contribution in [3.63, 3.8) is 0 Å². The minimum absolute atomic E-state index is 0.227. The molecule has 0 atom stereocenters. The maximum absolute atomic E-state index is 11.1. The molecular weight excluding hydrogens is 138 g/mol. The Bertz CT molecular complexity index is 138. The minimum atomic E-state index is 0.227. The predicted molar refractivity (Wildman–Crippen MR) is 45.2 cm³/mol. The summed E-state index contributed by atoms with van der Waals surface area (Å²) in [5.41, 5.74) is 0. The van der Waals surface area contributed by atoms with Crippen molar-refractivity contribution in [1.82, 2.24) is 5.32 Å². The first-order valence-electron chi connectivity index (χ1n) is 4.48. The first-order chi connectivity index (χ1) is 5.18. The lowest BCUT2D eigenvalue weighted by Gasteiger charge is -2.24. The van der Waals surface area contributed by atoms with Crippen LogP contribution in [0.25, 0.3) is 0 Å². The van der Waals surface area contributed by atoms with E-state index in [0.717, 1.165) is 6.42 Å². The van der Waals surface area contributed by atoms with Crippen molar-refractivity contribution in [3.8, 4) is 0 Å². The smallest absolute Gasteiger partial charge is 0.220 e. The number of hydrogen-bond acceptors (Lipinski definition) is 1. The van der Waals surface area contributed by atoms with Gasteiger partial charge < -0.3 is 5.32 Å². The van der Waals surface area contributed by atoms with Crippen molar-refractivity contribution in [3.05, 3.63) is 0 Å². The van der Waals surface area contributed by atoms with Crippen molar-refractivity contribution in [1.29, 1.82) is 0 Å². The standard InChI is InChI=1S/C9H17NO/c1-7(2)10-9(11)6-8-4-3-5-8/h7-8H,3-6H2,1-2H3,(H,10,11). The first kappa shape index (κ1) is 8.57. The van der Waals surface area contributed by atoms with Crippen molar-refractivity contribution in [2.75, 3.05) is 0 Å². The Morgan fingerprint density at radius 1 is 1.55 bits per heavy atom. The summed E-state index contributed by atoms with van der Waals surface area (Å²) in [5.74, 6) is 0.915. The maximum Gasteiger partial charge on any atom is 0.220 e. The van der Waals surface area contributed by atoms with Crippen LogP contribution < -0.4 is 5.32 Å². The number of nitrogens with one attached hydrogen (secondary N) is 1. The van der Waals surface area contributed by atoms with Crippen LogP contribution in [0.3, 0.4) is 0 Å². The quantitative estimate of drug-likeness (QED) is 0.660. The molecule has 1 aliphatic carbocycles. The van der Waals surface area contributed by atoms with E-state index in [2.05, 4.69) is 5.32 Å². The van der Waals surface area contributed by atoms with Crippen LogP contribution >= 0.6 is 0 Å². The summed E-state index contributed by atoms with van der Waals surface area (Å²) in [6, 6.07) is 0.294. The predicted octanol–water partition coefficient (Wildman–Crippen LogP) is 1.70. The van der Waals surface area contributed by atoms with Gasteiger partial charge in [-0.1, -0.05) is 6.42 Å². The van der Waals surface area contributed by atoms with E-state index in [0.29, 0.717) is 12.0 Å². The Balaban J connectivity index is 2.09. The highest BCUT2D eigenvalue weighted by molar-refractivity contribution is 5.76. The zero-order chi connectivity index (χ0) is 8.27. The lowest BCUT2D eigenvalue weighted by molar-refractivity contribution is -0.123. The van der Waals surface area contributed by atoms with Crippen molar-refractivity contribution in [2.45, 2.75) is 45.6 Å². The zero-order valence-electron chi connectivity index (χ0n) is 7.39. The topological polar surface area (TPSA) is 29.1 Å². The number of amides is 1. The lowest BCUT2D eigenvalue weighted by atomic mass is 9.83. The molecule has 1 rings (SSSR count). The molecule has 0 saturated heterocycles. The Morgan fingerprint density at radius 2 is 2.18 bits per heavy atom. The van der Waals surface area contributed by atoms with Gasteiger partial charge in [0.25, 0.3) is 0 Å². The molecule has 0 aromatic heterocycles. The van der Waals surface area contributed by atoms with Crippen molar-refractivity contribution < 1.29 is 4.79 Å². The molecule has 0 aromatic rings. The Kier molecular flexibility index (Phi) is 2.92. The molecule has 11 heavy (non-hydrogen) atoms. The van der Waals surface area contributed by atoms with Gasteiger partial charge in [-0.3, -0.25) is 4.79 Å². The molecule has 0 aliphatic heterocycles. The SMILES string of the molecule is CC(C)NC(=O)CC1CCC1. The van der Waals surface area contributed by atoms with Gasteiger partial charge >= 0.3 is 0 Å². The van der Waals surface area contributed by atoms with E-state index in [1.807, 2.05) is 13.8 Å². The molecular formula is C9H17NO. The normalized spacial score (nSPS) is 18.1. The van der Waals surface area contributed by atoms with E-state index >= 15 is 0 Å². The minimum Gasteiger partial charge on any atom is -0.354 e. The van der Waals surface area contributed by atoms with Crippen LogP contribution in [0.2, 0.25) is 0 Å². The molecule has 64 valence electrons. The van der Waals surface area contributed by atoms with E-state index < -0.39 is 0 Å². The van der Waals surface area contributed by atoms with Crippen LogP contribution in [0, 0.1) is 5.92 Å². The van der Waals surface area contributed by atoms with Gasteiger partial charge in [0, 0.05) is 12.5 Å². The molecule has 1 saturated carbocycles. The Hall–Kier alpha value is -0.530. The molecule has 2 heteroatoms. The first-order valence-corrected chi connectivity index (χ1v) is 4.48. The van der Waals surface area contributed by atoms with Gasteiger partial charge in [0.2, 0.25) is 5.91 Å². The molecule has 1 aliphatic rings. The number of carbonyl (C=O) groups excluding carboxylic acids is 1. The fourth-order valence-electron chi connectivity index (χ4n) is 1.34.